The predicted octanol–water partition coefficient (Wildman–Crippen LogP) is 2.03. The third-order valence-electron chi connectivity index (χ3n) is 5.17. The summed E-state index contributed by atoms with van der Waals surface area (Å²) in [5, 5.41) is 8.47. The Morgan fingerprint density at radius 2 is 1.45 bits per heavy atom. The maximum atomic E-state index is 14.4. The lowest BCUT2D eigenvalue weighted by atomic mass is 9.79. The van der Waals surface area contributed by atoms with Crippen LogP contribution in [-0.2, 0) is 28.3 Å². The van der Waals surface area contributed by atoms with E-state index >= 15 is 0 Å². The van der Waals surface area contributed by atoms with Crippen molar-refractivity contribution in [2.45, 2.75) is 45.3 Å². The summed E-state index contributed by atoms with van der Waals surface area (Å²) in [5.74, 6) is -1.24. The standard InChI is InChI=1S/C21H32BFO8/c1-20(2)21(3,4)31-22(30-20)16-5-6-18(17(23)15-16)29-14-13-28-12-11-27-10-9-26-8-7-19(24)25/h5-6,15H,7-14H2,1-4H3,(H,24,25). The van der Waals surface area contributed by atoms with Crippen molar-refractivity contribution in [1.29, 1.82) is 0 Å². The van der Waals surface area contributed by atoms with Crippen LogP contribution in [0.1, 0.15) is 34.1 Å². The van der Waals surface area contributed by atoms with E-state index in [1.807, 2.05) is 27.7 Å². The summed E-state index contributed by atoms with van der Waals surface area (Å²) in [6.07, 6.45) is -0.0229. The molecule has 1 N–H and O–H groups in total. The van der Waals surface area contributed by atoms with Gasteiger partial charge in [-0.3, -0.25) is 4.79 Å². The first-order valence-electron chi connectivity index (χ1n) is 10.4. The second-order valence-electron chi connectivity index (χ2n) is 8.11. The molecular formula is C21H32BFO8. The van der Waals surface area contributed by atoms with Crippen LogP contribution < -0.4 is 10.2 Å². The highest BCUT2D eigenvalue weighted by Crippen LogP contribution is 2.36. The van der Waals surface area contributed by atoms with Gasteiger partial charge in [-0.1, -0.05) is 6.07 Å². The van der Waals surface area contributed by atoms with Gasteiger partial charge in [0.05, 0.1) is 57.3 Å². The first-order chi connectivity index (χ1) is 14.6. The summed E-state index contributed by atoms with van der Waals surface area (Å²) in [5.41, 5.74) is -0.376. The number of carboxylic acid groups (broad SMARTS) is 1. The number of ether oxygens (including phenoxy) is 4. The molecule has 1 saturated heterocycles. The van der Waals surface area contributed by atoms with Gasteiger partial charge in [0.15, 0.2) is 11.6 Å². The lowest BCUT2D eigenvalue weighted by molar-refractivity contribution is -0.138. The summed E-state index contributed by atoms with van der Waals surface area (Å²) in [7, 11) is -0.626. The average Bonchev–Trinajstić information content (AvgIpc) is 2.90. The molecule has 174 valence electrons. The molecule has 0 aromatic heterocycles. The molecule has 0 atom stereocenters. The number of hydrogen-bond donors (Lipinski definition) is 1. The molecular weight excluding hydrogens is 410 g/mol. The summed E-state index contributed by atoms with van der Waals surface area (Å²) < 4.78 is 47.5. The number of carbonyl (C=O) groups is 1. The van der Waals surface area contributed by atoms with Crippen LogP contribution in [0, 0.1) is 5.82 Å². The molecule has 10 heteroatoms. The van der Waals surface area contributed by atoms with E-state index in [4.69, 9.17) is 33.4 Å². The van der Waals surface area contributed by atoms with E-state index in [0.29, 0.717) is 31.9 Å². The Hall–Kier alpha value is -1.72. The Kier molecular flexibility index (Phi) is 9.70. The van der Waals surface area contributed by atoms with Gasteiger partial charge < -0.3 is 33.4 Å². The van der Waals surface area contributed by atoms with Crippen molar-refractivity contribution in [2.75, 3.05) is 46.2 Å². The van der Waals surface area contributed by atoms with Gasteiger partial charge in [-0.25, -0.2) is 4.39 Å². The summed E-state index contributed by atoms with van der Waals surface area (Å²) in [6, 6.07) is 4.65. The van der Waals surface area contributed by atoms with Gasteiger partial charge in [-0.2, -0.15) is 0 Å². The van der Waals surface area contributed by atoms with Crippen molar-refractivity contribution in [1.82, 2.24) is 0 Å². The van der Waals surface area contributed by atoms with Gasteiger partial charge in [0.1, 0.15) is 6.61 Å². The van der Waals surface area contributed by atoms with Gasteiger partial charge in [0, 0.05) is 0 Å². The van der Waals surface area contributed by atoms with Gasteiger partial charge in [0.2, 0.25) is 0 Å². The molecule has 1 aliphatic heterocycles. The van der Waals surface area contributed by atoms with Crippen LogP contribution in [0.5, 0.6) is 5.75 Å². The van der Waals surface area contributed by atoms with E-state index in [-0.39, 0.29) is 32.0 Å². The molecule has 2 rings (SSSR count). The average molecular weight is 442 g/mol. The summed E-state index contributed by atoms with van der Waals surface area (Å²) in [6.45, 7) is 9.87. The number of carboxylic acids is 1. The Labute approximate surface area is 183 Å². The first-order valence-corrected chi connectivity index (χ1v) is 10.4. The number of rotatable bonds is 14. The van der Waals surface area contributed by atoms with Crippen molar-refractivity contribution >= 4 is 18.6 Å². The molecule has 0 amide bonds. The van der Waals surface area contributed by atoms with E-state index in [0.717, 1.165) is 0 Å². The monoisotopic (exact) mass is 442 g/mol. The highest BCUT2D eigenvalue weighted by atomic mass is 19.1. The van der Waals surface area contributed by atoms with Gasteiger partial charge in [-0.05, 0) is 45.3 Å². The SMILES string of the molecule is CC1(C)OB(c2ccc(OCCOCCOCCOCCC(=O)O)c(F)c2)OC1(C)C. The molecule has 0 bridgehead atoms. The predicted molar refractivity (Wildman–Crippen MR) is 112 cm³/mol. The van der Waals surface area contributed by atoms with Crippen molar-refractivity contribution in [3.8, 4) is 5.75 Å². The van der Waals surface area contributed by atoms with Gasteiger partial charge >= 0.3 is 13.1 Å². The molecule has 1 aliphatic rings. The second-order valence-corrected chi connectivity index (χ2v) is 8.11. The van der Waals surface area contributed by atoms with E-state index < -0.39 is 30.1 Å². The Balaban J connectivity index is 1.59. The van der Waals surface area contributed by atoms with Crippen LogP contribution in [0.4, 0.5) is 4.39 Å². The summed E-state index contributed by atoms with van der Waals surface area (Å²) >= 11 is 0. The molecule has 1 aromatic rings. The van der Waals surface area contributed by atoms with Crippen LogP contribution in [0.3, 0.4) is 0 Å². The number of hydrogen-bond acceptors (Lipinski definition) is 7. The minimum Gasteiger partial charge on any atom is -0.488 e. The lowest BCUT2D eigenvalue weighted by Crippen LogP contribution is -2.41. The molecule has 0 aliphatic carbocycles. The Morgan fingerprint density at radius 1 is 0.935 bits per heavy atom. The molecule has 0 radical (unpaired) electrons. The normalized spacial score (nSPS) is 17.1. The zero-order valence-electron chi connectivity index (χ0n) is 18.6. The van der Waals surface area contributed by atoms with Crippen molar-refractivity contribution in [3.05, 3.63) is 24.0 Å². The maximum Gasteiger partial charge on any atom is 0.494 e. The fraction of sp³-hybridized carbons (Fsp3) is 0.667. The molecule has 1 heterocycles. The third kappa shape index (κ3) is 8.05. The fourth-order valence-corrected chi connectivity index (χ4v) is 2.67. The van der Waals surface area contributed by atoms with Crippen LogP contribution in [0.15, 0.2) is 18.2 Å². The molecule has 0 unspecified atom stereocenters. The van der Waals surface area contributed by atoms with Gasteiger partial charge in [0.25, 0.3) is 0 Å². The van der Waals surface area contributed by atoms with Crippen LogP contribution >= 0.6 is 0 Å². The smallest absolute Gasteiger partial charge is 0.488 e. The Bertz CT molecular complexity index is 697. The topological polar surface area (TPSA) is 92.7 Å². The number of halogens is 1. The second kappa shape index (κ2) is 11.8. The largest absolute Gasteiger partial charge is 0.494 e. The quantitative estimate of drug-likeness (QED) is 0.346. The van der Waals surface area contributed by atoms with Crippen LogP contribution in [0.2, 0.25) is 0 Å². The molecule has 8 nitrogen and oxygen atoms in total. The minimum absolute atomic E-state index is 0.0229. The zero-order chi connectivity index (χ0) is 22.9. The van der Waals surface area contributed by atoms with Crippen molar-refractivity contribution in [3.63, 3.8) is 0 Å². The van der Waals surface area contributed by atoms with E-state index in [2.05, 4.69) is 0 Å². The minimum atomic E-state index is -0.891. The summed E-state index contributed by atoms with van der Waals surface area (Å²) in [4.78, 5) is 10.3. The molecule has 31 heavy (non-hydrogen) atoms. The molecule has 1 aromatic carbocycles. The van der Waals surface area contributed by atoms with E-state index in [1.165, 1.54) is 6.07 Å². The van der Waals surface area contributed by atoms with Crippen molar-refractivity contribution < 1.29 is 42.5 Å². The number of benzene rings is 1. The molecule has 0 spiro atoms. The van der Waals surface area contributed by atoms with Gasteiger partial charge in [-0.15, -0.1) is 0 Å². The van der Waals surface area contributed by atoms with Crippen molar-refractivity contribution in [2.24, 2.45) is 0 Å². The van der Waals surface area contributed by atoms with Crippen LogP contribution in [-0.4, -0.2) is 75.6 Å². The van der Waals surface area contributed by atoms with E-state index in [1.54, 1.807) is 12.1 Å². The first kappa shape index (κ1) is 25.5. The third-order valence-corrected chi connectivity index (χ3v) is 5.17. The molecule has 1 fully saturated rings. The molecule has 0 saturated carbocycles. The van der Waals surface area contributed by atoms with Crippen LogP contribution in [0.25, 0.3) is 0 Å². The zero-order valence-corrected chi connectivity index (χ0v) is 18.6. The highest BCUT2D eigenvalue weighted by Gasteiger charge is 2.51. The Morgan fingerprint density at radius 3 is 1.97 bits per heavy atom. The lowest BCUT2D eigenvalue weighted by Gasteiger charge is -2.32. The maximum absolute atomic E-state index is 14.4. The van der Waals surface area contributed by atoms with E-state index in [9.17, 15) is 9.18 Å². The fourth-order valence-electron chi connectivity index (χ4n) is 2.67. The highest BCUT2D eigenvalue weighted by molar-refractivity contribution is 6.62. The number of aliphatic carboxylic acids is 1.